The number of nitrogens with one attached hydrogen (secondary N) is 1. The van der Waals surface area contributed by atoms with Gasteiger partial charge in [-0.3, -0.25) is 0 Å². The molecule has 0 saturated heterocycles. The van der Waals surface area contributed by atoms with Crippen LogP contribution in [0.4, 0.5) is 5.95 Å². The van der Waals surface area contributed by atoms with Crippen LogP contribution in [0.25, 0.3) is 10.3 Å². The molecule has 0 amide bonds. The van der Waals surface area contributed by atoms with Crippen LogP contribution in [-0.4, -0.2) is 28.0 Å². The molecular formula is C8H11N5S. The SMILES string of the molecule is Cc1nc2cnc(NCCN)nc2s1. The first-order valence-electron chi connectivity index (χ1n) is 4.33. The van der Waals surface area contributed by atoms with Crippen molar-refractivity contribution >= 4 is 27.6 Å². The molecule has 14 heavy (non-hydrogen) atoms. The molecule has 5 nitrogen and oxygen atoms in total. The molecular weight excluding hydrogens is 198 g/mol. The van der Waals surface area contributed by atoms with E-state index in [0.717, 1.165) is 15.4 Å². The fourth-order valence-corrected chi connectivity index (χ4v) is 1.87. The van der Waals surface area contributed by atoms with Crippen molar-refractivity contribution < 1.29 is 0 Å². The van der Waals surface area contributed by atoms with Gasteiger partial charge in [-0.25, -0.2) is 15.0 Å². The molecule has 0 aliphatic carbocycles. The maximum absolute atomic E-state index is 5.37. The summed E-state index contributed by atoms with van der Waals surface area (Å²) in [7, 11) is 0. The summed E-state index contributed by atoms with van der Waals surface area (Å²) < 4.78 is 0. The van der Waals surface area contributed by atoms with Gasteiger partial charge in [0.25, 0.3) is 0 Å². The maximum atomic E-state index is 5.37. The van der Waals surface area contributed by atoms with Crippen LogP contribution in [0.1, 0.15) is 5.01 Å². The molecule has 2 aromatic heterocycles. The van der Waals surface area contributed by atoms with Crippen LogP contribution in [-0.2, 0) is 0 Å². The number of nitrogens with two attached hydrogens (primary N) is 1. The Bertz CT molecular complexity index is 438. The Labute approximate surface area is 85.4 Å². The highest BCUT2D eigenvalue weighted by atomic mass is 32.1. The van der Waals surface area contributed by atoms with Crippen LogP contribution in [0.2, 0.25) is 0 Å². The average molecular weight is 209 g/mol. The number of hydrogen-bond acceptors (Lipinski definition) is 6. The predicted octanol–water partition coefficient (Wildman–Crippen LogP) is 0.765. The Morgan fingerprint density at radius 1 is 1.50 bits per heavy atom. The van der Waals surface area contributed by atoms with Gasteiger partial charge in [-0.2, -0.15) is 0 Å². The molecule has 0 atom stereocenters. The summed E-state index contributed by atoms with van der Waals surface area (Å²) in [6, 6.07) is 0. The lowest BCUT2D eigenvalue weighted by Gasteiger charge is -2.00. The van der Waals surface area contributed by atoms with E-state index in [1.54, 1.807) is 17.5 Å². The van der Waals surface area contributed by atoms with Crippen molar-refractivity contribution in [2.45, 2.75) is 6.92 Å². The van der Waals surface area contributed by atoms with Crippen molar-refractivity contribution in [2.24, 2.45) is 5.73 Å². The molecule has 0 fully saturated rings. The first-order valence-corrected chi connectivity index (χ1v) is 5.15. The minimum absolute atomic E-state index is 0.573. The Balaban J connectivity index is 2.31. The summed E-state index contributed by atoms with van der Waals surface area (Å²) in [5, 5.41) is 4.03. The summed E-state index contributed by atoms with van der Waals surface area (Å²) in [4.78, 5) is 13.6. The first kappa shape index (κ1) is 9.29. The summed E-state index contributed by atoms with van der Waals surface area (Å²) in [6.07, 6.45) is 1.73. The van der Waals surface area contributed by atoms with Gasteiger partial charge in [0.05, 0.1) is 11.2 Å². The van der Waals surface area contributed by atoms with Crippen molar-refractivity contribution in [3.05, 3.63) is 11.2 Å². The average Bonchev–Trinajstić information content (AvgIpc) is 2.54. The van der Waals surface area contributed by atoms with E-state index in [1.165, 1.54) is 0 Å². The number of aromatic nitrogens is 3. The lowest BCUT2D eigenvalue weighted by Crippen LogP contribution is -2.14. The van der Waals surface area contributed by atoms with Gasteiger partial charge in [0.1, 0.15) is 10.3 Å². The van der Waals surface area contributed by atoms with Gasteiger partial charge in [0.15, 0.2) is 0 Å². The monoisotopic (exact) mass is 209 g/mol. The van der Waals surface area contributed by atoms with Crippen LogP contribution < -0.4 is 11.1 Å². The highest BCUT2D eigenvalue weighted by molar-refractivity contribution is 7.18. The fourth-order valence-electron chi connectivity index (χ4n) is 1.11. The van der Waals surface area contributed by atoms with Crippen molar-refractivity contribution in [3.8, 4) is 0 Å². The summed E-state index contributed by atoms with van der Waals surface area (Å²) in [5.74, 6) is 0.617. The minimum Gasteiger partial charge on any atom is -0.353 e. The molecule has 0 radical (unpaired) electrons. The smallest absolute Gasteiger partial charge is 0.224 e. The molecule has 74 valence electrons. The van der Waals surface area contributed by atoms with E-state index in [2.05, 4.69) is 20.3 Å². The maximum Gasteiger partial charge on any atom is 0.224 e. The number of anilines is 1. The normalized spacial score (nSPS) is 10.7. The Morgan fingerprint density at radius 2 is 2.36 bits per heavy atom. The third-order valence-electron chi connectivity index (χ3n) is 1.69. The Morgan fingerprint density at radius 3 is 3.14 bits per heavy atom. The van der Waals surface area contributed by atoms with Crippen LogP contribution in [0.3, 0.4) is 0 Å². The topological polar surface area (TPSA) is 76.7 Å². The zero-order valence-electron chi connectivity index (χ0n) is 7.82. The number of hydrogen-bond donors (Lipinski definition) is 2. The molecule has 0 aliphatic rings. The molecule has 0 aromatic carbocycles. The molecule has 6 heteroatoms. The number of aryl methyl sites for hydroxylation is 1. The molecule has 0 saturated carbocycles. The van der Waals surface area contributed by atoms with E-state index in [1.807, 2.05) is 6.92 Å². The van der Waals surface area contributed by atoms with Gasteiger partial charge in [0, 0.05) is 13.1 Å². The van der Waals surface area contributed by atoms with Gasteiger partial charge >= 0.3 is 0 Å². The lowest BCUT2D eigenvalue weighted by molar-refractivity contribution is 0.996. The third-order valence-corrected chi connectivity index (χ3v) is 2.57. The zero-order chi connectivity index (χ0) is 9.97. The molecule has 3 N–H and O–H groups in total. The molecule has 2 rings (SSSR count). The van der Waals surface area contributed by atoms with Gasteiger partial charge in [-0.1, -0.05) is 11.3 Å². The predicted molar refractivity (Wildman–Crippen MR) is 57.5 cm³/mol. The minimum atomic E-state index is 0.573. The highest BCUT2D eigenvalue weighted by Crippen LogP contribution is 2.19. The summed E-state index contributed by atoms with van der Waals surface area (Å²) >= 11 is 1.57. The molecule has 0 spiro atoms. The number of nitrogens with zero attached hydrogens (tertiary/aromatic N) is 3. The molecule has 0 unspecified atom stereocenters. The van der Waals surface area contributed by atoms with Crippen molar-refractivity contribution in [2.75, 3.05) is 18.4 Å². The second kappa shape index (κ2) is 3.85. The Hall–Kier alpha value is -1.27. The van der Waals surface area contributed by atoms with E-state index < -0.39 is 0 Å². The van der Waals surface area contributed by atoms with Crippen molar-refractivity contribution in [1.82, 2.24) is 15.0 Å². The molecule has 2 aromatic rings. The highest BCUT2D eigenvalue weighted by Gasteiger charge is 2.03. The quantitative estimate of drug-likeness (QED) is 0.780. The summed E-state index contributed by atoms with van der Waals surface area (Å²) in [6.45, 7) is 3.21. The third kappa shape index (κ3) is 1.80. The van der Waals surface area contributed by atoms with E-state index in [4.69, 9.17) is 5.73 Å². The van der Waals surface area contributed by atoms with Crippen molar-refractivity contribution in [1.29, 1.82) is 0 Å². The first-order chi connectivity index (χ1) is 6.79. The second-order valence-electron chi connectivity index (χ2n) is 2.83. The molecule has 0 aliphatic heterocycles. The Kier molecular flexibility index (Phi) is 2.55. The van der Waals surface area contributed by atoms with E-state index in [9.17, 15) is 0 Å². The van der Waals surface area contributed by atoms with Gasteiger partial charge < -0.3 is 11.1 Å². The van der Waals surface area contributed by atoms with Gasteiger partial charge in [0.2, 0.25) is 5.95 Å². The van der Waals surface area contributed by atoms with E-state index in [-0.39, 0.29) is 0 Å². The van der Waals surface area contributed by atoms with Gasteiger partial charge in [-0.05, 0) is 6.92 Å². The number of fused-ring (bicyclic) bond motifs is 1. The van der Waals surface area contributed by atoms with Crippen LogP contribution in [0.5, 0.6) is 0 Å². The summed E-state index contributed by atoms with van der Waals surface area (Å²) in [5.41, 5.74) is 6.22. The van der Waals surface area contributed by atoms with Crippen LogP contribution >= 0.6 is 11.3 Å². The van der Waals surface area contributed by atoms with E-state index in [0.29, 0.717) is 19.0 Å². The standard InChI is InChI=1S/C8H11N5S/c1-5-12-6-4-11-8(10-3-2-9)13-7(6)14-5/h4H,2-3,9H2,1H3,(H,10,11,13). The van der Waals surface area contributed by atoms with Gasteiger partial charge in [-0.15, -0.1) is 0 Å². The second-order valence-corrected chi connectivity index (χ2v) is 4.01. The fraction of sp³-hybridized carbons (Fsp3) is 0.375. The van der Waals surface area contributed by atoms with Crippen molar-refractivity contribution in [3.63, 3.8) is 0 Å². The van der Waals surface area contributed by atoms with E-state index >= 15 is 0 Å². The molecule has 0 bridgehead atoms. The number of rotatable bonds is 3. The lowest BCUT2D eigenvalue weighted by atomic mass is 10.6. The largest absolute Gasteiger partial charge is 0.353 e. The van der Waals surface area contributed by atoms with Crippen LogP contribution in [0.15, 0.2) is 6.20 Å². The zero-order valence-corrected chi connectivity index (χ0v) is 8.64. The number of thiazole rings is 1. The molecule has 2 heterocycles. The van der Waals surface area contributed by atoms with Crippen LogP contribution in [0, 0.1) is 6.92 Å².